The second-order valence-corrected chi connectivity index (χ2v) is 3.30. The molecule has 17 heavy (non-hydrogen) atoms. The van der Waals surface area contributed by atoms with Gasteiger partial charge in [0.1, 0.15) is 0 Å². The van der Waals surface area contributed by atoms with Gasteiger partial charge < -0.3 is 9.47 Å². The third kappa shape index (κ3) is 3.71. The van der Waals surface area contributed by atoms with Gasteiger partial charge in [-0.15, -0.1) is 0 Å². The van der Waals surface area contributed by atoms with Crippen molar-refractivity contribution in [1.29, 1.82) is 0 Å². The van der Waals surface area contributed by atoms with Crippen molar-refractivity contribution in [2.75, 3.05) is 0 Å². The van der Waals surface area contributed by atoms with Gasteiger partial charge in [-0.3, -0.25) is 14.4 Å². The molecule has 0 N–H and O–H groups in total. The number of hydrogen-bond donors (Lipinski definition) is 0. The van der Waals surface area contributed by atoms with Crippen molar-refractivity contribution in [3.8, 4) is 0 Å². The van der Waals surface area contributed by atoms with Crippen LogP contribution in [0.4, 0.5) is 0 Å². The first-order valence-corrected chi connectivity index (χ1v) is 4.93. The molecule has 0 aromatic heterocycles. The smallest absolute Gasteiger partial charge is 0.305 e. The molecule has 0 aliphatic heterocycles. The first-order chi connectivity index (χ1) is 8.04. The van der Waals surface area contributed by atoms with E-state index < -0.39 is 18.2 Å². The molecule has 0 heterocycles. The summed E-state index contributed by atoms with van der Waals surface area (Å²) in [5, 5.41) is 0. The largest absolute Gasteiger partial charge is 0.421 e. The summed E-state index contributed by atoms with van der Waals surface area (Å²) in [5.74, 6) is -1.20. The molecular formula is C12H12O5. The number of carbonyl (C=O) groups is 3. The lowest BCUT2D eigenvalue weighted by molar-refractivity contribution is -0.186. The predicted molar refractivity (Wildman–Crippen MR) is 58.1 cm³/mol. The van der Waals surface area contributed by atoms with Gasteiger partial charge in [0, 0.05) is 25.0 Å². The van der Waals surface area contributed by atoms with Crippen molar-refractivity contribution in [3.63, 3.8) is 0 Å². The zero-order valence-electron chi connectivity index (χ0n) is 9.51. The number of aldehydes is 1. The summed E-state index contributed by atoms with van der Waals surface area (Å²) in [4.78, 5) is 32.6. The van der Waals surface area contributed by atoms with Crippen LogP contribution in [0.15, 0.2) is 24.3 Å². The Bertz CT molecular complexity index is 422. The zero-order valence-corrected chi connectivity index (χ0v) is 9.51. The molecule has 5 heteroatoms. The molecule has 0 aliphatic carbocycles. The highest BCUT2D eigenvalue weighted by Gasteiger charge is 2.20. The average Bonchev–Trinajstić information content (AvgIpc) is 2.27. The summed E-state index contributed by atoms with van der Waals surface area (Å²) >= 11 is 0. The van der Waals surface area contributed by atoms with E-state index in [0.717, 1.165) is 0 Å². The molecule has 0 fully saturated rings. The van der Waals surface area contributed by atoms with E-state index in [4.69, 9.17) is 9.47 Å². The van der Waals surface area contributed by atoms with E-state index in [1.54, 1.807) is 24.3 Å². The number of hydrogen-bond acceptors (Lipinski definition) is 5. The van der Waals surface area contributed by atoms with E-state index in [0.29, 0.717) is 17.4 Å². The Morgan fingerprint density at radius 1 is 1.12 bits per heavy atom. The van der Waals surface area contributed by atoms with E-state index in [2.05, 4.69) is 0 Å². The fourth-order valence-electron chi connectivity index (χ4n) is 1.29. The monoisotopic (exact) mass is 236 g/mol. The summed E-state index contributed by atoms with van der Waals surface area (Å²) in [7, 11) is 0. The molecule has 0 radical (unpaired) electrons. The van der Waals surface area contributed by atoms with Gasteiger partial charge in [-0.2, -0.15) is 0 Å². The standard InChI is InChI=1S/C12H12O5/c1-8(14)16-12(17-9(2)15)11-6-4-3-5-10(11)7-13/h3-7,12H,1-2H3. The second-order valence-electron chi connectivity index (χ2n) is 3.30. The minimum absolute atomic E-state index is 0.306. The van der Waals surface area contributed by atoms with Gasteiger partial charge in [-0.25, -0.2) is 0 Å². The number of ether oxygens (including phenoxy) is 2. The normalized spacial score (nSPS) is 9.82. The fourth-order valence-corrected chi connectivity index (χ4v) is 1.29. The Morgan fingerprint density at radius 2 is 1.65 bits per heavy atom. The van der Waals surface area contributed by atoms with E-state index in [1.165, 1.54) is 13.8 Å². The Labute approximate surface area is 98.3 Å². The molecular weight excluding hydrogens is 224 g/mol. The van der Waals surface area contributed by atoms with Gasteiger partial charge in [0.15, 0.2) is 6.29 Å². The van der Waals surface area contributed by atoms with Crippen molar-refractivity contribution in [3.05, 3.63) is 35.4 Å². The maximum atomic E-state index is 10.9. The van der Waals surface area contributed by atoms with Crippen LogP contribution in [-0.2, 0) is 19.1 Å². The molecule has 1 aromatic carbocycles. The van der Waals surface area contributed by atoms with Crippen molar-refractivity contribution in [1.82, 2.24) is 0 Å². The molecule has 0 saturated carbocycles. The first-order valence-electron chi connectivity index (χ1n) is 4.93. The van der Waals surface area contributed by atoms with Crippen LogP contribution in [-0.4, -0.2) is 18.2 Å². The highest BCUT2D eigenvalue weighted by atomic mass is 16.7. The lowest BCUT2D eigenvalue weighted by Gasteiger charge is -2.17. The third-order valence-electron chi connectivity index (χ3n) is 1.92. The molecule has 5 nitrogen and oxygen atoms in total. The maximum Gasteiger partial charge on any atom is 0.305 e. The lowest BCUT2D eigenvalue weighted by atomic mass is 10.1. The van der Waals surface area contributed by atoms with E-state index in [9.17, 15) is 14.4 Å². The van der Waals surface area contributed by atoms with Gasteiger partial charge in [0.2, 0.25) is 0 Å². The molecule has 0 aliphatic rings. The zero-order chi connectivity index (χ0) is 12.8. The molecule has 90 valence electrons. The van der Waals surface area contributed by atoms with Crippen LogP contribution in [0.25, 0.3) is 0 Å². The van der Waals surface area contributed by atoms with Gasteiger partial charge in [-0.1, -0.05) is 24.3 Å². The first kappa shape index (κ1) is 12.9. The SMILES string of the molecule is CC(=O)OC(OC(C)=O)c1ccccc1C=O. The Morgan fingerprint density at radius 3 is 2.12 bits per heavy atom. The van der Waals surface area contributed by atoms with Crippen LogP contribution in [0.2, 0.25) is 0 Å². The van der Waals surface area contributed by atoms with Crippen LogP contribution in [0.3, 0.4) is 0 Å². The summed E-state index contributed by atoms with van der Waals surface area (Å²) in [6, 6.07) is 6.41. The van der Waals surface area contributed by atoms with Crippen LogP contribution in [0, 0.1) is 0 Å². The summed E-state index contributed by atoms with van der Waals surface area (Å²) in [6.45, 7) is 2.39. The highest BCUT2D eigenvalue weighted by Crippen LogP contribution is 2.22. The molecule has 0 saturated heterocycles. The second kappa shape index (κ2) is 5.79. The van der Waals surface area contributed by atoms with Crippen molar-refractivity contribution in [2.24, 2.45) is 0 Å². The van der Waals surface area contributed by atoms with Gasteiger partial charge in [0.25, 0.3) is 6.29 Å². The van der Waals surface area contributed by atoms with Crippen LogP contribution < -0.4 is 0 Å². The molecule has 0 bridgehead atoms. The number of esters is 2. The van der Waals surface area contributed by atoms with E-state index >= 15 is 0 Å². The molecule has 0 amide bonds. The summed E-state index contributed by atoms with van der Waals surface area (Å²) in [5.41, 5.74) is 0.646. The van der Waals surface area contributed by atoms with E-state index in [1.807, 2.05) is 0 Å². The van der Waals surface area contributed by atoms with Crippen molar-refractivity contribution < 1.29 is 23.9 Å². The van der Waals surface area contributed by atoms with E-state index in [-0.39, 0.29) is 0 Å². The van der Waals surface area contributed by atoms with Gasteiger partial charge in [-0.05, 0) is 0 Å². The minimum atomic E-state index is -1.19. The number of benzene rings is 1. The Balaban J connectivity index is 3.06. The lowest BCUT2D eigenvalue weighted by Crippen LogP contribution is -2.16. The Hall–Kier alpha value is -2.17. The van der Waals surface area contributed by atoms with Crippen LogP contribution in [0.5, 0.6) is 0 Å². The fraction of sp³-hybridized carbons (Fsp3) is 0.250. The summed E-state index contributed by atoms with van der Waals surface area (Å²) < 4.78 is 9.70. The summed E-state index contributed by atoms with van der Waals surface area (Å²) in [6.07, 6.45) is -0.582. The average molecular weight is 236 g/mol. The molecule has 0 spiro atoms. The third-order valence-corrected chi connectivity index (χ3v) is 1.92. The minimum Gasteiger partial charge on any atom is -0.421 e. The maximum absolute atomic E-state index is 10.9. The van der Waals surface area contributed by atoms with Gasteiger partial charge >= 0.3 is 11.9 Å². The number of carbonyl (C=O) groups excluding carboxylic acids is 3. The van der Waals surface area contributed by atoms with Crippen LogP contribution >= 0.6 is 0 Å². The van der Waals surface area contributed by atoms with Gasteiger partial charge in [0.05, 0.1) is 0 Å². The van der Waals surface area contributed by atoms with Crippen molar-refractivity contribution in [2.45, 2.75) is 20.1 Å². The number of rotatable bonds is 4. The predicted octanol–water partition coefficient (Wildman–Crippen LogP) is 1.62. The quantitative estimate of drug-likeness (QED) is 0.451. The topological polar surface area (TPSA) is 69.7 Å². The van der Waals surface area contributed by atoms with Crippen molar-refractivity contribution >= 4 is 18.2 Å². The molecule has 1 aromatic rings. The molecule has 0 atom stereocenters. The molecule has 0 unspecified atom stereocenters. The highest BCUT2D eigenvalue weighted by molar-refractivity contribution is 5.78. The molecule has 1 rings (SSSR count). The Kier molecular flexibility index (Phi) is 4.39. The van der Waals surface area contributed by atoms with Crippen LogP contribution in [0.1, 0.15) is 36.1 Å².